The van der Waals surface area contributed by atoms with Gasteiger partial charge in [-0.1, -0.05) is 33.6 Å². The number of piperazine rings is 1. The van der Waals surface area contributed by atoms with Gasteiger partial charge in [0, 0.05) is 45.3 Å². The second kappa shape index (κ2) is 15.0. The van der Waals surface area contributed by atoms with Gasteiger partial charge in [0.2, 0.25) is 0 Å². The van der Waals surface area contributed by atoms with Gasteiger partial charge in [-0.15, -0.1) is 0 Å². The van der Waals surface area contributed by atoms with Gasteiger partial charge < -0.3 is 20.4 Å². The molecule has 2 heterocycles. The van der Waals surface area contributed by atoms with Crippen LogP contribution in [-0.2, 0) is 0 Å². The van der Waals surface area contributed by atoms with Crippen LogP contribution in [0.5, 0.6) is 0 Å². The summed E-state index contributed by atoms with van der Waals surface area (Å²) in [7, 11) is 0. The van der Waals surface area contributed by atoms with Gasteiger partial charge in [0.1, 0.15) is 0 Å². The fourth-order valence-corrected chi connectivity index (χ4v) is 4.70. The second-order valence-corrected chi connectivity index (χ2v) is 9.39. The first-order chi connectivity index (χ1) is 14.6. The number of likely N-dealkylation sites (tertiary alicyclic amines) is 1. The van der Waals surface area contributed by atoms with E-state index in [4.69, 9.17) is 4.99 Å². The van der Waals surface area contributed by atoms with Gasteiger partial charge in [0.25, 0.3) is 0 Å². The monoisotopic (exact) mass is 422 g/mol. The van der Waals surface area contributed by atoms with Gasteiger partial charge in [-0.2, -0.15) is 0 Å². The van der Waals surface area contributed by atoms with Crippen LogP contribution in [0.4, 0.5) is 0 Å². The van der Waals surface area contributed by atoms with Gasteiger partial charge in [0.15, 0.2) is 5.96 Å². The Morgan fingerprint density at radius 2 is 1.50 bits per heavy atom. The SMILES string of the molecule is CCNC(=NCC(C(C)C)N1CCCCCC1)NCCCCN1CCN(CC)CC1. The molecule has 176 valence electrons. The minimum absolute atomic E-state index is 0.556. The number of nitrogens with zero attached hydrogens (tertiary/aromatic N) is 4. The molecule has 2 aliphatic rings. The largest absolute Gasteiger partial charge is 0.357 e. The number of rotatable bonds is 11. The van der Waals surface area contributed by atoms with Crippen molar-refractivity contribution in [2.75, 3.05) is 72.0 Å². The molecule has 0 spiro atoms. The van der Waals surface area contributed by atoms with Gasteiger partial charge >= 0.3 is 0 Å². The van der Waals surface area contributed by atoms with Crippen molar-refractivity contribution in [3.05, 3.63) is 0 Å². The molecule has 1 atom stereocenters. The van der Waals surface area contributed by atoms with Crippen LogP contribution in [-0.4, -0.2) is 98.7 Å². The summed E-state index contributed by atoms with van der Waals surface area (Å²) in [6.07, 6.45) is 7.95. The highest BCUT2D eigenvalue weighted by Crippen LogP contribution is 2.17. The Morgan fingerprint density at radius 1 is 0.833 bits per heavy atom. The average molecular weight is 423 g/mol. The zero-order chi connectivity index (χ0) is 21.6. The van der Waals surface area contributed by atoms with E-state index in [1.807, 2.05) is 0 Å². The lowest BCUT2D eigenvalue weighted by Crippen LogP contribution is -2.46. The first kappa shape index (κ1) is 25.4. The number of hydrogen-bond acceptors (Lipinski definition) is 4. The summed E-state index contributed by atoms with van der Waals surface area (Å²) in [4.78, 5) is 12.9. The van der Waals surface area contributed by atoms with Crippen molar-refractivity contribution in [3.8, 4) is 0 Å². The third kappa shape index (κ3) is 9.52. The van der Waals surface area contributed by atoms with Crippen LogP contribution in [0.1, 0.15) is 66.2 Å². The van der Waals surface area contributed by atoms with Crippen molar-refractivity contribution >= 4 is 5.96 Å². The fraction of sp³-hybridized carbons (Fsp3) is 0.958. The minimum Gasteiger partial charge on any atom is -0.357 e. The third-order valence-corrected chi connectivity index (χ3v) is 6.77. The van der Waals surface area contributed by atoms with Gasteiger partial charge in [-0.25, -0.2) is 0 Å². The van der Waals surface area contributed by atoms with E-state index in [2.05, 4.69) is 53.0 Å². The molecule has 0 amide bonds. The predicted octanol–water partition coefficient (Wildman–Crippen LogP) is 2.86. The molecule has 2 aliphatic heterocycles. The molecule has 0 aromatic rings. The molecule has 2 fully saturated rings. The van der Waals surface area contributed by atoms with Crippen LogP contribution < -0.4 is 10.6 Å². The van der Waals surface area contributed by atoms with E-state index in [0.29, 0.717) is 12.0 Å². The molecule has 30 heavy (non-hydrogen) atoms. The van der Waals surface area contributed by atoms with Crippen LogP contribution in [0.25, 0.3) is 0 Å². The van der Waals surface area contributed by atoms with E-state index in [1.165, 1.54) is 90.9 Å². The number of likely N-dealkylation sites (N-methyl/N-ethyl adjacent to an activating group) is 1. The van der Waals surface area contributed by atoms with Crippen molar-refractivity contribution in [2.24, 2.45) is 10.9 Å². The lowest BCUT2D eigenvalue weighted by Gasteiger charge is -2.34. The minimum atomic E-state index is 0.556. The molecular weight excluding hydrogens is 372 g/mol. The quantitative estimate of drug-likeness (QED) is 0.305. The standard InChI is InChI=1S/C24H50N6/c1-5-25-24(26-13-9-12-14-29-19-17-28(6-2)18-20-29)27-21-23(22(3)4)30-15-10-7-8-11-16-30/h22-23H,5-21H2,1-4H3,(H2,25,26,27). The van der Waals surface area contributed by atoms with Crippen molar-refractivity contribution in [1.82, 2.24) is 25.3 Å². The molecule has 1 unspecified atom stereocenters. The van der Waals surface area contributed by atoms with Crippen LogP contribution in [0.15, 0.2) is 4.99 Å². The highest BCUT2D eigenvalue weighted by Gasteiger charge is 2.22. The smallest absolute Gasteiger partial charge is 0.191 e. The molecular formula is C24H50N6. The van der Waals surface area contributed by atoms with Crippen molar-refractivity contribution in [1.29, 1.82) is 0 Å². The van der Waals surface area contributed by atoms with Crippen molar-refractivity contribution in [3.63, 3.8) is 0 Å². The summed E-state index contributed by atoms with van der Waals surface area (Å²) in [5, 5.41) is 7.03. The highest BCUT2D eigenvalue weighted by atomic mass is 15.3. The van der Waals surface area contributed by atoms with E-state index < -0.39 is 0 Å². The fourth-order valence-electron chi connectivity index (χ4n) is 4.70. The summed E-state index contributed by atoms with van der Waals surface area (Å²) in [6, 6.07) is 0.556. The summed E-state index contributed by atoms with van der Waals surface area (Å²) in [6.45, 7) is 21.8. The Labute approximate surface area is 186 Å². The van der Waals surface area contributed by atoms with Crippen LogP contribution in [0.3, 0.4) is 0 Å². The van der Waals surface area contributed by atoms with E-state index in [9.17, 15) is 0 Å². The number of unbranched alkanes of at least 4 members (excludes halogenated alkanes) is 1. The lowest BCUT2D eigenvalue weighted by molar-refractivity contribution is 0.136. The van der Waals surface area contributed by atoms with Crippen molar-refractivity contribution in [2.45, 2.75) is 72.3 Å². The molecule has 2 rings (SSSR count). The van der Waals surface area contributed by atoms with Gasteiger partial charge in [0.05, 0.1) is 6.54 Å². The van der Waals surface area contributed by atoms with E-state index in [1.54, 1.807) is 0 Å². The molecule has 0 radical (unpaired) electrons. The number of aliphatic imine (C=N–C) groups is 1. The zero-order valence-electron chi connectivity index (χ0n) is 20.5. The van der Waals surface area contributed by atoms with E-state index in [-0.39, 0.29) is 0 Å². The summed E-state index contributed by atoms with van der Waals surface area (Å²) in [5.74, 6) is 1.64. The highest BCUT2D eigenvalue weighted by molar-refractivity contribution is 5.79. The molecule has 0 aliphatic carbocycles. The van der Waals surface area contributed by atoms with Gasteiger partial charge in [-0.3, -0.25) is 9.89 Å². The molecule has 0 aromatic heterocycles. The molecule has 6 heteroatoms. The third-order valence-electron chi connectivity index (χ3n) is 6.77. The normalized spacial score (nSPS) is 21.6. The number of guanidine groups is 1. The first-order valence-corrected chi connectivity index (χ1v) is 12.8. The first-order valence-electron chi connectivity index (χ1n) is 12.8. The topological polar surface area (TPSA) is 46.1 Å². The maximum atomic E-state index is 4.98. The molecule has 0 bridgehead atoms. The summed E-state index contributed by atoms with van der Waals surface area (Å²) >= 11 is 0. The average Bonchev–Trinajstić information content (AvgIpc) is 3.03. The number of hydrogen-bond donors (Lipinski definition) is 2. The lowest BCUT2D eigenvalue weighted by atomic mass is 10.0. The Morgan fingerprint density at radius 3 is 2.10 bits per heavy atom. The maximum absolute atomic E-state index is 4.98. The Hall–Kier alpha value is -0.850. The molecule has 2 saturated heterocycles. The van der Waals surface area contributed by atoms with E-state index >= 15 is 0 Å². The molecule has 0 aromatic carbocycles. The second-order valence-electron chi connectivity index (χ2n) is 9.39. The van der Waals surface area contributed by atoms with Crippen LogP contribution in [0, 0.1) is 5.92 Å². The summed E-state index contributed by atoms with van der Waals surface area (Å²) in [5.41, 5.74) is 0. The molecule has 2 N–H and O–H groups in total. The zero-order valence-corrected chi connectivity index (χ0v) is 20.5. The van der Waals surface area contributed by atoms with Crippen LogP contribution in [0.2, 0.25) is 0 Å². The Kier molecular flexibility index (Phi) is 12.7. The van der Waals surface area contributed by atoms with Gasteiger partial charge in [-0.05, 0) is 64.7 Å². The van der Waals surface area contributed by atoms with Crippen molar-refractivity contribution < 1.29 is 0 Å². The Bertz CT molecular complexity index is 451. The van der Waals surface area contributed by atoms with E-state index in [0.717, 1.165) is 25.6 Å². The predicted molar refractivity (Wildman–Crippen MR) is 130 cm³/mol. The number of nitrogens with one attached hydrogen (secondary N) is 2. The summed E-state index contributed by atoms with van der Waals surface area (Å²) < 4.78 is 0. The van der Waals surface area contributed by atoms with Crippen LogP contribution >= 0.6 is 0 Å². The Balaban J connectivity index is 1.70. The molecule has 6 nitrogen and oxygen atoms in total. The maximum Gasteiger partial charge on any atom is 0.191 e. The molecule has 0 saturated carbocycles.